The number of esters is 1. The quantitative estimate of drug-likeness (QED) is 0.0781. The molecule has 0 aliphatic heterocycles. The maximum absolute atomic E-state index is 13.8. The predicted molar refractivity (Wildman–Crippen MR) is 211 cm³/mol. The van der Waals surface area contributed by atoms with Gasteiger partial charge < -0.3 is 45.4 Å². The van der Waals surface area contributed by atoms with Crippen molar-refractivity contribution < 1.29 is 47.7 Å². The van der Waals surface area contributed by atoms with Crippen LogP contribution in [0.25, 0.3) is 0 Å². The monoisotopic (exact) mass is 826 g/mol. The molecule has 2 aromatic rings. The van der Waals surface area contributed by atoms with Crippen LogP contribution in [0.5, 0.6) is 0 Å². The Morgan fingerprint density at radius 1 is 0.857 bits per heavy atom. The van der Waals surface area contributed by atoms with Gasteiger partial charge in [0, 0.05) is 48.7 Å². The molecule has 4 amide bonds. The summed E-state index contributed by atoms with van der Waals surface area (Å²) in [4.78, 5) is 70.7. The summed E-state index contributed by atoms with van der Waals surface area (Å²) in [5.74, 6) is -1.66. The first kappa shape index (κ1) is 48.1. The number of unbranched alkanes of at least 4 members (excludes halogenated alkanes) is 1. The molecule has 0 fully saturated rings. The number of hydrogen-bond donors (Lipinski definition) is 4. The number of nitrogens with two attached hydrogens (primary N) is 1. The number of benzene rings is 1. The normalized spacial score (nSPS) is 12.3. The Morgan fingerprint density at radius 2 is 1.52 bits per heavy atom. The molecule has 16 nitrogen and oxygen atoms in total. The van der Waals surface area contributed by atoms with Gasteiger partial charge in [-0.15, -0.1) is 0 Å². The summed E-state index contributed by atoms with van der Waals surface area (Å²) in [6, 6.07) is 7.73. The molecule has 0 radical (unpaired) electrons. The molecule has 0 aliphatic carbocycles. The van der Waals surface area contributed by atoms with Crippen LogP contribution >= 0.6 is 23.2 Å². The number of amides is 4. The van der Waals surface area contributed by atoms with Crippen LogP contribution in [-0.4, -0.2) is 113 Å². The average Bonchev–Trinajstić information content (AvgIpc) is 3.14. The maximum atomic E-state index is 13.8. The lowest BCUT2D eigenvalue weighted by atomic mass is 10.0. The first-order valence-corrected chi connectivity index (χ1v) is 19.2. The lowest BCUT2D eigenvalue weighted by Gasteiger charge is -2.26. The highest BCUT2D eigenvalue weighted by molar-refractivity contribution is 6.34. The van der Waals surface area contributed by atoms with E-state index in [0.29, 0.717) is 63.8 Å². The summed E-state index contributed by atoms with van der Waals surface area (Å²) < 4.78 is 26.5. The summed E-state index contributed by atoms with van der Waals surface area (Å²) in [5, 5.41) is 8.84. The molecular weight excluding hydrogens is 771 g/mol. The molecule has 56 heavy (non-hydrogen) atoms. The molecule has 2 unspecified atom stereocenters. The molecule has 0 aliphatic rings. The molecule has 312 valence electrons. The fourth-order valence-corrected chi connectivity index (χ4v) is 5.57. The lowest BCUT2D eigenvalue weighted by Crippen LogP contribution is -2.48. The fourth-order valence-electron chi connectivity index (χ4n) is 5.02. The van der Waals surface area contributed by atoms with Gasteiger partial charge in [0.05, 0.1) is 59.2 Å². The van der Waals surface area contributed by atoms with Crippen LogP contribution in [0.3, 0.4) is 0 Å². The third kappa shape index (κ3) is 20.7. The van der Waals surface area contributed by atoms with Crippen molar-refractivity contribution in [1.29, 1.82) is 0 Å². The van der Waals surface area contributed by atoms with Gasteiger partial charge in [0.2, 0.25) is 17.7 Å². The van der Waals surface area contributed by atoms with Crippen LogP contribution < -0.4 is 26.6 Å². The van der Waals surface area contributed by atoms with E-state index in [-0.39, 0.29) is 61.3 Å². The van der Waals surface area contributed by atoms with Crippen LogP contribution in [0.1, 0.15) is 70.9 Å². The van der Waals surface area contributed by atoms with Gasteiger partial charge >= 0.3 is 12.1 Å². The topological polar surface area (TPSA) is 210 Å². The second kappa shape index (κ2) is 26.7. The Labute approximate surface area is 338 Å². The number of nitrogens with one attached hydrogen (secondary N) is 3. The molecule has 0 saturated carbocycles. The van der Waals surface area contributed by atoms with Crippen molar-refractivity contribution in [2.45, 2.75) is 77.0 Å². The fraction of sp³-hybridized carbons (Fsp3) is 0.579. The molecule has 1 heterocycles. The Kier molecular flexibility index (Phi) is 23.0. The van der Waals surface area contributed by atoms with Gasteiger partial charge in [0.15, 0.2) is 0 Å². The Morgan fingerprint density at radius 3 is 2.12 bits per heavy atom. The highest BCUT2D eigenvalue weighted by atomic mass is 35.5. The minimum Gasteiger partial charge on any atom is -0.469 e. The van der Waals surface area contributed by atoms with Crippen molar-refractivity contribution in [1.82, 2.24) is 20.9 Å². The van der Waals surface area contributed by atoms with Crippen molar-refractivity contribution in [2.24, 2.45) is 5.73 Å². The third-order valence-corrected chi connectivity index (χ3v) is 8.10. The van der Waals surface area contributed by atoms with E-state index in [1.165, 1.54) is 18.1 Å². The molecule has 0 bridgehead atoms. The minimum atomic E-state index is -1.16. The second-order valence-electron chi connectivity index (χ2n) is 13.5. The highest BCUT2D eigenvalue weighted by Gasteiger charge is 2.28. The SMILES string of the molecule is COC(=O)CC(NC(=O)C(CCC(=O)NCCOCCOCCOCCN)NC(=O)CCCCN(C(=O)OC(C)(C)C)c1ccccn1)c1cc(Cl)cc(Cl)c1. The number of halogens is 2. The second-order valence-corrected chi connectivity index (χ2v) is 14.3. The largest absolute Gasteiger partial charge is 0.469 e. The summed E-state index contributed by atoms with van der Waals surface area (Å²) in [6.45, 7) is 8.44. The summed E-state index contributed by atoms with van der Waals surface area (Å²) in [6.07, 6.45) is 1.36. The summed E-state index contributed by atoms with van der Waals surface area (Å²) in [7, 11) is 1.22. The zero-order valence-corrected chi connectivity index (χ0v) is 34.1. The first-order chi connectivity index (χ1) is 26.7. The van der Waals surface area contributed by atoms with Crippen molar-refractivity contribution >= 4 is 58.8 Å². The Bertz CT molecular complexity index is 1500. The van der Waals surface area contributed by atoms with Crippen LogP contribution in [0.2, 0.25) is 10.0 Å². The maximum Gasteiger partial charge on any atom is 0.416 e. The van der Waals surface area contributed by atoms with Crippen molar-refractivity contribution in [3.8, 4) is 0 Å². The van der Waals surface area contributed by atoms with Crippen molar-refractivity contribution in [2.75, 3.05) is 71.3 Å². The molecule has 1 aromatic heterocycles. The van der Waals surface area contributed by atoms with Gasteiger partial charge in [-0.25, -0.2) is 9.78 Å². The predicted octanol–water partition coefficient (Wildman–Crippen LogP) is 4.11. The molecule has 1 aromatic carbocycles. The van der Waals surface area contributed by atoms with E-state index >= 15 is 0 Å². The van der Waals surface area contributed by atoms with E-state index in [1.54, 1.807) is 57.3 Å². The molecule has 2 rings (SSSR count). The number of rotatable bonds is 26. The Hall–Kier alpha value is -4.06. The minimum absolute atomic E-state index is 0.0115. The molecule has 0 spiro atoms. The van der Waals surface area contributed by atoms with Crippen LogP contribution in [-0.2, 0) is 42.9 Å². The van der Waals surface area contributed by atoms with Gasteiger partial charge in [-0.2, -0.15) is 0 Å². The van der Waals surface area contributed by atoms with E-state index in [4.69, 9.17) is 52.6 Å². The molecule has 2 atom stereocenters. The van der Waals surface area contributed by atoms with Crippen molar-refractivity contribution in [3.05, 3.63) is 58.2 Å². The number of hydrogen-bond acceptors (Lipinski definition) is 12. The standard InChI is InChI=1S/C38H56Cl2N6O10/c1-38(2,3)56-37(51)46(32-9-5-7-14-42-32)16-8-6-10-34(48)44-30(11-12-33(47)43-15-18-54-20-22-55-21-19-53-17-13-41)36(50)45-31(26-35(49)52-4)27-23-28(39)25-29(40)24-27/h5,7,9,14,23-25,30-31H,6,8,10-13,15-22,26,41H2,1-4H3,(H,43,47)(H,44,48)(H,45,50). The van der Waals surface area contributed by atoms with Crippen LogP contribution in [0.4, 0.5) is 10.6 Å². The summed E-state index contributed by atoms with van der Waals surface area (Å²) >= 11 is 12.4. The molecule has 0 saturated heterocycles. The number of carbonyl (C=O) groups excluding carboxylic acids is 5. The number of nitrogens with zero attached hydrogens (tertiary/aromatic N) is 2. The molecule has 18 heteroatoms. The number of methoxy groups -OCH3 is 1. The van der Waals surface area contributed by atoms with Gasteiger partial charge in [-0.1, -0.05) is 29.3 Å². The van der Waals surface area contributed by atoms with Crippen LogP contribution in [0.15, 0.2) is 42.6 Å². The van der Waals surface area contributed by atoms with Gasteiger partial charge in [-0.05, 0) is 75.9 Å². The molecule has 5 N–H and O–H groups in total. The summed E-state index contributed by atoms with van der Waals surface area (Å²) in [5.41, 5.74) is 5.08. The molecular formula is C38H56Cl2N6O10. The van der Waals surface area contributed by atoms with Gasteiger partial charge in [0.1, 0.15) is 17.5 Å². The van der Waals surface area contributed by atoms with E-state index < -0.39 is 41.6 Å². The van der Waals surface area contributed by atoms with Crippen molar-refractivity contribution in [3.63, 3.8) is 0 Å². The zero-order chi connectivity index (χ0) is 41.3. The van der Waals surface area contributed by atoms with Gasteiger partial charge in [0.25, 0.3) is 0 Å². The van der Waals surface area contributed by atoms with E-state index in [9.17, 15) is 24.0 Å². The average molecular weight is 828 g/mol. The number of aromatic nitrogens is 1. The van der Waals surface area contributed by atoms with Crippen LogP contribution in [0, 0.1) is 0 Å². The number of carbonyl (C=O) groups is 5. The Balaban J connectivity index is 2.04. The third-order valence-electron chi connectivity index (χ3n) is 7.66. The smallest absolute Gasteiger partial charge is 0.416 e. The number of pyridine rings is 1. The highest BCUT2D eigenvalue weighted by Crippen LogP contribution is 2.26. The van der Waals surface area contributed by atoms with E-state index in [1.807, 2.05) is 0 Å². The number of ether oxygens (including phenoxy) is 5. The first-order valence-electron chi connectivity index (χ1n) is 18.5. The van der Waals surface area contributed by atoms with Gasteiger partial charge in [-0.3, -0.25) is 24.1 Å². The number of anilines is 1. The van der Waals surface area contributed by atoms with E-state index in [0.717, 1.165) is 0 Å². The lowest BCUT2D eigenvalue weighted by molar-refractivity contribution is -0.141. The van der Waals surface area contributed by atoms with E-state index in [2.05, 4.69) is 20.9 Å². The zero-order valence-electron chi connectivity index (χ0n) is 32.6.